The van der Waals surface area contributed by atoms with Gasteiger partial charge in [0.1, 0.15) is 5.84 Å². The van der Waals surface area contributed by atoms with Gasteiger partial charge in [-0.1, -0.05) is 79.2 Å². The summed E-state index contributed by atoms with van der Waals surface area (Å²) in [6, 6.07) is 21.7. The van der Waals surface area contributed by atoms with E-state index >= 15 is 0 Å². The van der Waals surface area contributed by atoms with Gasteiger partial charge in [-0.2, -0.15) is 20.5 Å². The fourth-order valence-electron chi connectivity index (χ4n) is 7.73. The van der Waals surface area contributed by atoms with Gasteiger partial charge >= 0.3 is 0 Å². The third-order valence-electron chi connectivity index (χ3n) is 10.8. The Morgan fingerprint density at radius 3 is 2.23 bits per heavy atom. The van der Waals surface area contributed by atoms with Crippen molar-refractivity contribution in [2.45, 2.75) is 96.1 Å². The first-order chi connectivity index (χ1) is 25.9. The van der Waals surface area contributed by atoms with Gasteiger partial charge in [0.05, 0.1) is 11.8 Å². The van der Waals surface area contributed by atoms with Crippen LogP contribution in [0.1, 0.15) is 105 Å². The van der Waals surface area contributed by atoms with E-state index in [1.54, 1.807) is 12.4 Å². The highest BCUT2D eigenvalue weighted by atomic mass is 16.5. The molecule has 4 aromatic rings. The number of pyridine rings is 1. The molecule has 10 nitrogen and oxygen atoms in total. The zero-order valence-electron chi connectivity index (χ0n) is 31.1. The summed E-state index contributed by atoms with van der Waals surface area (Å²) in [6.45, 7) is 8.33. The number of aliphatic hydroxyl groups is 1. The molecule has 1 saturated heterocycles. The molecule has 3 heterocycles. The third-order valence-corrected chi connectivity index (χ3v) is 10.8. The predicted molar refractivity (Wildman–Crippen MR) is 207 cm³/mol. The van der Waals surface area contributed by atoms with Gasteiger partial charge in [-0.3, -0.25) is 4.98 Å². The largest absolute Gasteiger partial charge is 0.396 e. The number of nitriles is 2. The summed E-state index contributed by atoms with van der Waals surface area (Å²) in [5, 5.41) is 31.7. The lowest BCUT2D eigenvalue weighted by Crippen LogP contribution is -2.44. The van der Waals surface area contributed by atoms with Gasteiger partial charge in [-0.05, 0) is 87.3 Å². The van der Waals surface area contributed by atoms with E-state index in [4.69, 9.17) is 4.52 Å². The second kappa shape index (κ2) is 17.9. The fraction of sp³-hybridized carbons (Fsp3) is 0.442. The van der Waals surface area contributed by atoms with Crippen molar-refractivity contribution in [1.82, 2.24) is 19.9 Å². The number of likely N-dealkylation sites (tertiary alicyclic amines) is 1. The van der Waals surface area contributed by atoms with Gasteiger partial charge in [-0.25, -0.2) is 0 Å². The highest BCUT2D eigenvalue weighted by Crippen LogP contribution is 2.38. The molecule has 10 heteroatoms. The second-order valence-electron chi connectivity index (χ2n) is 14.8. The zero-order valence-corrected chi connectivity index (χ0v) is 31.1. The Morgan fingerprint density at radius 2 is 1.62 bits per heavy atom. The van der Waals surface area contributed by atoms with E-state index in [0.717, 1.165) is 61.3 Å². The number of rotatable bonds is 9. The Hall–Kier alpha value is -5.32. The van der Waals surface area contributed by atoms with Crippen molar-refractivity contribution in [3.8, 4) is 23.7 Å². The van der Waals surface area contributed by atoms with Crippen LogP contribution in [0.3, 0.4) is 0 Å². The summed E-state index contributed by atoms with van der Waals surface area (Å²) in [7, 11) is 0. The van der Waals surface area contributed by atoms with Crippen LogP contribution in [-0.2, 0) is 0 Å². The Balaban J connectivity index is 0.000000182. The van der Waals surface area contributed by atoms with E-state index in [9.17, 15) is 15.6 Å². The van der Waals surface area contributed by atoms with Crippen molar-refractivity contribution < 1.29 is 9.63 Å². The Labute approximate surface area is 313 Å². The smallest absolute Gasteiger partial charge is 0.207 e. The molecule has 1 atom stereocenters. The van der Waals surface area contributed by atoms with Gasteiger partial charge in [0, 0.05) is 61.2 Å². The number of aliphatic imine (C=N–C) groups is 2. The molecular weight excluding hydrogens is 661 g/mol. The summed E-state index contributed by atoms with van der Waals surface area (Å²) in [5.41, 5.74) is 6.41. The molecule has 0 bridgehead atoms. The van der Waals surface area contributed by atoms with Crippen LogP contribution >= 0.6 is 0 Å². The van der Waals surface area contributed by atoms with Crippen LogP contribution in [0.2, 0.25) is 0 Å². The van der Waals surface area contributed by atoms with Gasteiger partial charge in [-0.15, -0.1) is 0 Å². The van der Waals surface area contributed by atoms with Gasteiger partial charge in [0.2, 0.25) is 12.4 Å². The maximum Gasteiger partial charge on any atom is 0.207 e. The monoisotopic (exact) mass is 710 g/mol. The van der Waals surface area contributed by atoms with Crippen molar-refractivity contribution in [2.24, 2.45) is 15.9 Å². The first-order valence-corrected chi connectivity index (χ1v) is 19.0. The molecule has 2 aliphatic carbocycles. The number of hydrogen-bond donors (Lipinski definition) is 1. The van der Waals surface area contributed by atoms with E-state index in [1.165, 1.54) is 42.4 Å². The normalized spacial score (nSPS) is 20.4. The SMILES string of the molecule is CC(C)c1ccc(C(=NC#N)N(C2CCC(CCO)CC2)C2CC2)cc1.Cc1ccc(-c2oncc2C(=NC#N)N2CCC(c3cccnc3)C2)cc1. The minimum Gasteiger partial charge on any atom is -0.396 e. The summed E-state index contributed by atoms with van der Waals surface area (Å²) in [5.74, 6) is 3.62. The van der Waals surface area contributed by atoms with Crippen LogP contribution in [-0.4, -0.2) is 68.5 Å². The third kappa shape index (κ3) is 9.38. The van der Waals surface area contributed by atoms with Gasteiger partial charge < -0.3 is 19.4 Å². The number of nitrogens with zero attached hydrogens (tertiary/aromatic N) is 8. The van der Waals surface area contributed by atoms with Crippen LogP contribution in [0.25, 0.3) is 11.3 Å². The molecule has 3 fully saturated rings. The van der Waals surface area contributed by atoms with Crippen LogP contribution < -0.4 is 0 Å². The van der Waals surface area contributed by atoms with Gasteiger partial charge in [0.25, 0.3) is 0 Å². The molecule has 1 unspecified atom stereocenters. The van der Waals surface area contributed by atoms with E-state index in [-0.39, 0.29) is 0 Å². The molecule has 2 aromatic heterocycles. The number of amidine groups is 2. The summed E-state index contributed by atoms with van der Waals surface area (Å²) < 4.78 is 5.51. The number of aliphatic hydroxyl groups excluding tert-OH is 1. The first-order valence-electron chi connectivity index (χ1n) is 19.0. The summed E-state index contributed by atoms with van der Waals surface area (Å²) >= 11 is 0. The minimum atomic E-state index is 0.297. The molecular formula is C43H50N8O2. The topological polar surface area (TPSA) is 138 Å². The van der Waals surface area contributed by atoms with Crippen LogP contribution in [0.5, 0.6) is 0 Å². The maximum atomic E-state index is 9.31. The van der Waals surface area contributed by atoms with Crippen LogP contribution in [0.15, 0.2) is 93.8 Å². The highest BCUT2D eigenvalue weighted by molar-refractivity contribution is 6.03. The van der Waals surface area contributed by atoms with Crippen molar-refractivity contribution in [3.05, 3.63) is 107 Å². The first kappa shape index (κ1) is 37.4. The molecule has 0 radical (unpaired) electrons. The van der Waals surface area contributed by atoms with E-state index < -0.39 is 0 Å². The molecule has 3 aliphatic rings. The molecule has 1 aliphatic heterocycles. The Morgan fingerprint density at radius 1 is 0.925 bits per heavy atom. The predicted octanol–water partition coefficient (Wildman–Crippen LogP) is 8.21. The molecule has 0 spiro atoms. The molecule has 2 saturated carbocycles. The van der Waals surface area contributed by atoms with Crippen molar-refractivity contribution in [2.75, 3.05) is 19.7 Å². The lowest BCUT2D eigenvalue weighted by molar-refractivity contribution is 0.173. The summed E-state index contributed by atoms with van der Waals surface area (Å²) in [6.07, 6.45) is 18.2. The number of aryl methyl sites for hydroxylation is 1. The second-order valence-corrected chi connectivity index (χ2v) is 14.8. The molecule has 274 valence electrons. The van der Waals surface area contributed by atoms with Crippen LogP contribution in [0.4, 0.5) is 0 Å². The molecule has 7 rings (SSSR count). The number of benzene rings is 2. The fourth-order valence-corrected chi connectivity index (χ4v) is 7.73. The molecule has 1 N–H and O–H groups in total. The maximum absolute atomic E-state index is 9.31. The lowest BCUT2D eigenvalue weighted by atomic mass is 9.83. The Bertz CT molecular complexity index is 1910. The molecule has 0 amide bonds. The zero-order chi connectivity index (χ0) is 37.2. The van der Waals surface area contributed by atoms with Crippen molar-refractivity contribution >= 4 is 11.7 Å². The van der Waals surface area contributed by atoms with Crippen molar-refractivity contribution in [1.29, 1.82) is 10.5 Å². The summed E-state index contributed by atoms with van der Waals surface area (Å²) in [4.78, 5) is 17.2. The van der Waals surface area contributed by atoms with Gasteiger partial charge in [0.15, 0.2) is 11.6 Å². The van der Waals surface area contributed by atoms with E-state index in [0.29, 0.717) is 48.0 Å². The molecule has 2 aromatic carbocycles. The Kier molecular flexibility index (Phi) is 12.7. The number of aromatic nitrogens is 2. The standard InChI is InChI=1S/C22H31N3O.C21H19N5O/c1-16(2)18-5-7-19(8-6-18)22(24-15-23)25(21-11-12-21)20-9-3-17(4-10-20)13-14-26;1-15-4-6-16(7-5-15)20-19(12-25-27-20)21(24-14-22)26-10-8-18(13-26)17-3-2-9-23-11-17/h5-8,16-17,20-21,26H,3-4,9-14H2,1-2H3;2-7,9,11-12,18H,8,10,13H2,1H3. The lowest BCUT2D eigenvalue weighted by Gasteiger charge is -2.39. The number of hydrogen-bond acceptors (Lipinski definition) is 8. The van der Waals surface area contributed by atoms with Crippen LogP contribution in [0, 0.1) is 35.8 Å². The average Bonchev–Trinajstić information content (AvgIpc) is 3.68. The quantitative estimate of drug-likeness (QED) is 0.104. The molecule has 53 heavy (non-hydrogen) atoms. The van der Waals surface area contributed by atoms with E-state index in [1.807, 2.05) is 55.8 Å². The minimum absolute atomic E-state index is 0.297. The van der Waals surface area contributed by atoms with Crippen molar-refractivity contribution in [3.63, 3.8) is 0 Å². The average molecular weight is 711 g/mol. The van der Waals surface area contributed by atoms with E-state index in [2.05, 4.69) is 74.1 Å². The highest BCUT2D eigenvalue weighted by Gasteiger charge is 2.38.